The van der Waals surface area contributed by atoms with E-state index in [0.717, 1.165) is 4.88 Å². The summed E-state index contributed by atoms with van der Waals surface area (Å²) in [5, 5.41) is 19.1. The van der Waals surface area contributed by atoms with Crippen LogP contribution in [0.5, 0.6) is 0 Å². The summed E-state index contributed by atoms with van der Waals surface area (Å²) in [6.45, 7) is 7.21. The number of carbonyl (C=O) groups is 1. The largest absolute Gasteiger partial charge is 0.386 e. The smallest absolute Gasteiger partial charge is 0.221 e. The van der Waals surface area contributed by atoms with E-state index in [-0.39, 0.29) is 18.5 Å². The van der Waals surface area contributed by atoms with Gasteiger partial charge in [0.15, 0.2) is 5.96 Å². The molecule has 1 amide bonds. The average Bonchev–Trinajstić information content (AvgIpc) is 2.90. The van der Waals surface area contributed by atoms with Gasteiger partial charge in [-0.25, -0.2) is 0 Å². The molecule has 1 aromatic heterocycles. The fraction of sp³-hybridized carbons (Fsp3) is 0.600. The van der Waals surface area contributed by atoms with Gasteiger partial charge in [-0.2, -0.15) is 0 Å². The molecule has 1 heterocycles. The van der Waals surface area contributed by atoms with E-state index in [1.807, 2.05) is 20.8 Å². The number of hydrogen-bond acceptors (Lipinski definition) is 4. The van der Waals surface area contributed by atoms with E-state index in [1.54, 1.807) is 12.1 Å². The predicted octanol–water partition coefficient (Wildman–Crippen LogP) is 1.90. The molecule has 0 saturated heterocycles. The molecule has 0 saturated carbocycles. The zero-order valence-corrected chi connectivity index (χ0v) is 15.3. The first-order valence-corrected chi connectivity index (χ1v) is 8.86. The van der Waals surface area contributed by atoms with Crippen molar-refractivity contribution in [3.63, 3.8) is 0 Å². The second-order valence-corrected chi connectivity index (χ2v) is 7.02. The highest BCUT2D eigenvalue weighted by molar-refractivity contribution is 7.16. The van der Waals surface area contributed by atoms with Gasteiger partial charge in [-0.05, 0) is 32.9 Å². The Hall–Kier alpha value is -1.31. The van der Waals surface area contributed by atoms with Crippen LogP contribution in [0.3, 0.4) is 0 Å². The summed E-state index contributed by atoms with van der Waals surface area (Å²) in [6, 6.07) is 3.69. The SMILES string of the molecule is CCNC(=NCC(O)c1ccc(Cl)s1)NCCC(=O)NC(C)C. The van der Waals surface area contributed by atoms with Gasteiger partial charge in [0, 0.05) is 30.4 Å². The lowest BCUT2D eigenvalue weighted by Gasteiger charge is -2.13. The van der Waals surface area contributed by atoms with E-state index in [4.69, 9.17) is 11.6 Å². The van der Waals surface area contributed by atoms with Crippen LogP contribution >= 0.6 is 22.9 Å². The summed E-state index contributed by atoms with van der Waals surface area (Å²) in [5.41, 5.74) is 0. The third kappa shape index (κ3) is 8.20. The molecule has 8 heteroatoms. The molecule has 0 aliphatic rings. The fourth-order valence-corrected chi connectivity index (χ4v) is 2.84. The molecule has 0 fully saturated rings. The number of halogens is 1. The summed E-state index contributed by atoms with van der Waals surface area (Å²) in [6.07, 6.45) is -0.321. The van der Waals surface area contributed by atoms with Crippen LogP contribution in [0.4, 0.5) is 0 Å². The maximum atomic E-state index is 11.6. The van der Waals surface area contributed by atoms with Crippen molar-refractivity contribution >= 4 is 34.8 Å². The molecular formula is C15H25ClN4O2S. The lowest BCUT2D eigenvalue weighted by molar-refractivity contribution is -0.121. The summed E-state index contributed by atoms with van der Waals surface area (Å²) >= 11 is 7.20. The van der Waals surface area contributed by atoms with Crippen molar-refractivity contribution in [3.8, 4) is 0 Å². The first-order valence-electron chi connectivity index (χ1n) is 7.67. The van der Waals surface area contributed by atoms with Crippen molar-refractivity contribution in [3.05, 3.63) is 21.3 Å². The van der Waals surface area contributed by atoms with Gasteiger partial charge in [0.25, 0.3) is 0 Å². The topological polar surface area (TPSA) is 85.8 Å². The molecule has 1 unspecified atom stereocenters. The molecule has 130 valence electrons. The van der Waals surface area contributed by atoms with Crippen molar-refractivity contribution in [2.45, 2.75) is 39.3 Å². The Morgan fingerprint density at radius 1 is 1.39 bits per heavy atom. The lowest BCUT2D eigenvalue weighted by atomic mass is 10.3. The van der Waals surface area contributed by atoms with Crippen LogP contribution < -0.4 is 16.0 Å². The molecule has 1 rings (SSSR count). The standard InChI is InChI=1S/C15H25ClN4O2S/c1-4-17-15(18-8-7-14(22)20-10(2)3)19-9-11(21)12-5-6-13(16)23-12/h5-6,10-11,21H,4,7-9H2,1-3H3,(H,20,22)(H2,17,18,19). The Balaban J connectivity index is 2.45. The normalized spacial score (nSPS) is 13.0. The molecule has 23 heavy (non-hydrogen) atoms. The maximum absolute atomic E-state index is 11.6. The minimum Gasteiger partial charge on any atom is -0.386 e. The number of guanidine groups is 1. The van der Waals surface area contributed by atoms with Gasteiger partial charge in [0.2, 0.25) is 5.91 Å². The van der Waals surface area contributed by atoms with E-state index in [0.29, 0.717) is 29.8 Å². The van der Waals surface area contributed by atoms with E-state index >= 15 is 0 Å². The van der Waals surface area contributed by atoms with Gasteiger partial charge in [-0.15, -0.1) is 11.3 Å². The molecule has 0 bridgehead atoms. The number of aliphatic imine (C=N–C) groups is 1. The molecule has 0 aromatic carbocycles. The summed E-state index contributed by atoms with van der Waals surface area (Å²) in [5.74, 6) is 0.572. The highest BCUT2D eigenvalue weighted by Gasteiger charge is 2.10. The van der Waals surface area contributed by atoms with Crippen molar-refractivity contribution in [2.75, 3.05) is 19.6 Å². The maximum Gasteiger partial charge on any atom is 0.221 e. The monoisotopic (exact) mass is 360 g/mol. The van der Waals surface area contributed by atoms with Crippen LogP contribution in [-0.4, -0.2) is 42.6 Å². The van der Waals surface area contributed by atoms with Crippen LogP contribution in [0.25, 0.3) is 0 Å². The van der Waals surface area contributed by atoms with Gasteiger partial charge in [-0.1, -0.05) is 11.6 Å². The van der Waals surface area contributed by atoms with Crippen LogP contribution in [0.15, 0.2) is 17.1 Å². The van der Waals surface area contributed by atoms with Crippen LogP contribution in [0, 0.1) is 0 Å². The Kier molecular flexibility index (Phi) is 8.98. The molecule has 1 atom stereocenters. The number of hydrogen-bond donors (Lipinski definition) is 4. The number of aliphatic hydroxyl groups excluding tert-OH is 1. The van der Waals surface area contributed by atoms with E-state index in [1.165, 1.54) is 11.3 Å². The zero-order valence-electron chi connectivity index (χ0n) is 13.7. The highest BCUT2D eigenvalue weighted by Crippen LogP contribution is 2.26. The lowest BCUT2D eigenvalue weighted by Crippen LogP contribution is -2.40. The molecule has 4 N–H and O–H groups in total. The molecular weight excluding hydrogens is 336 g/mol. The Labute approximate surface area is 146 Å². The molecule has 1 aromatic rings. The second kappa shape index (κ2) is 10.5. The Morgan fingerprint density at radius 3 is 2.70 bits per heavy atom. The van der Waals surface area contributed by atoms with Gasteiger partial charge < -0.3 is 21.1 Å². The summed E-state index contributed by atoms with van der Waals surface area (Å²) in [4.78, 5) is 16.7. The quantitative estimate of drug-likeness (QED) is 0.421. The van der Waals surface area contributed by atoms with Gasteiger partial charge in [0.05, 0.1) is 10.9 Å². The number of carbonyl (C=O) groups excluding carboxylic acids is 1. The number of thiophene rings is 1. The molecule has 0 aliphatic carbocycles. The van der Waals surface area contributed by atoms with Crippen molar-refractivity contribution in [2.24, 2.45) is 4.99 Å². The van der Waals surface area contributed by atoms with Crippen LogP contribution in [-0.2, 0) is 4.79 Å². The molecule has 0 spiro atoms. The number of aliphatic hydroxyl groups is 1. The number of rotatable bonds is 8. The Bertz CT molecular complexity index is 519. The average molecular weight is 361 g/mol. The van der Waals surface area contributed by atoms with Crippen LogP contribution in [0.2, 0.25) is 4.34 Å². The predicted molar refractivity (Wildman–Crippen MR) is 96.2 cm³/mol. The number of nitrogens with one attached hydrogen (secondary N) is 3. The number of amides is 1. The minimum absolute atomic E-state index is 0.00314. The summed E-state index contributed by atoms with van der Waals surface area (Å²) in [7, 11) is 0. The van der Waals surface area contributed by atoms with Gasteiger partial charge in [-0.3, -0.25) is 9.79 Å². The molecule has 0 radical (unpaired) electrons. The van der Waals surface area contributed by atoms with E-state index in [2.05, 4.69) is 20.9 Å². The third-order valence-corrected chi connectivity index (χ3v) is 4.12. The minimum atomic E-state index is -0.688. The van der Waals surface area contributed by atoms with Crippen LogP contribution in [0.1, 0.15) is 38.2 Å². The van der Waals surface area contributed by atoms with Crippen molar-refractivity contribution in [1.29, 1.82) is 0 Å². The zero-order chi connectivity index (χ0) is 17.2. The second-order valence-electron chi connectivity index (χ2n) is 5.28. The van der Waals surface area contributed by atoms with Crippen molar-refractivity contribution in [1.82, 2.24) is 16.0 Å². The van der Waals surface area contributed by atoms with Gasteiger partial charge >= 0.3 is 0 Å². The first kappa shape index (κ1) is 19.7. The van der Waals surface area contributed by atoms with Gasteiger partial charge in [0.1, 0.15) is 6.10 Å². The first-order chi connectivity index (χ1) is 10.9. The van der Waals surface area contributed by atoms with Crippen molar-refractivity contribution < 1.29 is 9.90 Å². The number of nitrogens with zero attached hydrogens (tertiary/aromatic N) is 1. The van der Waals surface area contributed by atoms with E-state index in [9.17, 15) is 9.90 Å². The molecule has 0 aliphatic heterocycles. The summed E-state index contributed by atoms with van der Waals surface area (Å²) < 4.78 is 0.643. The Morgan fingerprint density at radius 2 is 2.13 bits per heavy atom. The third-order valence-electron chi connectivity index (χ3n) is 2.78. The fourth-order valence-electron chi connectivity index (χ4n) is 1.81. The molecule has 6 nitrogen and oxygen atoms in total. The highest BCUT2D eigenvalue weighted by atomic mass is 35.5. The van der Waals surface area contributed by atoms with E-state index < -0.39 is 6.10 Å².